The summed E-state index contributed by atoms with van der Waals surface area (Å²) in [4.78, 5) is 64.5. The lowest BCUT2D eigenvalue weighted by atomic mass is 9.79. The van der Waals surface area contributed by atoms with Crippen molar-refractivity contribution < 1.29 is 28.0 Å². The van der Waals surface area contributed by atoms with Gasteiger partial charge in [-0.05, 0) is 60.7 Å². The van der Waals surface area contributed by atoms with E-state index in [1.165, 1.54) is 27.6 Å². The Balaban J connectivity index is 1.21. The minimum Gasteiger partial charge on any atom is -0.368 e. The standard InChI is InChI=1S/C35H33F2N9O4/c1-18(2)10-28(44(3)32(48)26-14-21-23(37)12-20(36)13-25(21)40-26)33(49)45-17-35(15-29(45)31(38)47)22-11-19(7-8-24(22)41-34(35)50)27-16-46(43-42-27)30-6-4-5-9-39-30/h4-9,11-14,16,18,28-29,40H,10,15,17H2,1-3H3,(H2,38,47)(H,41,50)/t28-,29-,35-/m0/s1. The summed E-state index contributed by atoms with van der Waals surface area (Å²) >= 11 is 0. The number of H-pyrrole nitrogens is 1. The van der Waals surface area contributed by atoms with Crippen molar-refractivity contribution in [1.29, 1.82) is 0 Å². The Morgan fingerprint density at radius 1 is 1.12 bits per heavy atom. The van der Waals surface area contributed by atoms with E-state index in [2.05, 4.69) is 25.6 Å². The van der Waals surface area contributed by atoms with Crippen LogP contribution in [0.3, 0.4) is 0 Å². The van der Waals surface area contributed by atoms with Crippen LogP contribution in [0, 0.1) is 17.6 Å². The Bertz CT molecular complexity index is 2180. The highest BCUT2D eigenvalue weighted by Gasteiger charge is 2.58. The Hall–Kier alpha value is -5.99. The lowest BCUT2D eigenvalue weighted by Gasteiger charge is -2.33. The molecule has 1 spiro atoms. The van der Waals surface area contributed by atoms with Crippen LogP contribution in [0.2, 0.25) is 0 Å². The fourth-order valence-electron chi connectivity index (χ4n) is 6.99. The van der Waals surface area contributed by atoms with Crippen LogP contribution in [0.25, 0.3) is 28.0 Å². The molecular formula is C35H33F2N9O4. The largest absolute Gasteiger partial charge is 0.368 e. The highest BCUT2D eigenvalue weighted by atomic mass is 19.1. The van der Waals surface area contributed by atoms with Gasteiger partial charge >= 0.3 is 0 Å². The number of halogens is 2. The van der Waals surface area contributed by atoms with E-state index in [0.29, 0.717) is 28.3 Å². The number of hydrogen-bond acceptors (Lipinski definition) is 7. The number of aromatic amines is 1. The molecule has 50 heavy (non-hydrogen) atoms. The zero-order valence-corrected chi connectivity index (χ0v) is 27.4. The van der Waals surface area contributed by atoms with Crippen molar-refractivity contribution in [3.8, 4) is 17.1 Å². The fourth-order valence-corrected chi connectivity index (χ4v) is 6.99. The van der Waals surface area contributed by atoms with Gasteiger partial charge in [0, 0.05) is 42.5 Å². The van der Waals surface area contributed by atoms with Crippen LogP contribution >= 0.6 is 0 Å². The molecule has 0 aliphatic carbocycles. The number of likely N-dealkylation sites (tertiary alicyclic amines) is 1. The van der Waals surface area contributed by atoms with Crippen molar-refractivity contribution >= 4 is 40.2 Å². The summed E-state index contributed by atoms with van der Waals surface area (Å²) in [6.45, 7) is 3.59. The van der Waals surface area contributed by atoms with E-state index < -0.39 is 46.9 Å². The number of amides is 4. The number of nitrogens with one attached hydrogen (secondary N) is 2. The van der Waals surface area contributed by atoms with E-state index in [4.69, 9.17) is 5.73 Å². The molecule has 0 bridgehead atoms. The number of likely N-dealkylation sites (N-methyl/N-ethyl adjacent to an activating group) is 1. The normalized spacial score (nSPS) is 18.9. The van der Waals surface area contributed by atoms with Crippen LogP contribution in [0.1, 0.15) is 42.7 Å². The van der Waals surface area contributed by atoms with Crippen LogP contribution in [0.5, 0.6) is 0 Å². The maximum atomic E-state index is 14.5. The first kappa shape index (κ1) is 32.6. The van der Waals surface area contributed by atoms with E-state index in [1.54, 1.807) is 42.7 Å². The molecule has 0 saturated carbocycles. The van der Waals surface area contributed by atoms with Crippen molar-refractivity contribution in [2.75, 3.05) is 18.9 Å². The van der Waals surface area contributed by atoms with Crippen molar-refractivity contribution in [3.63, 3.8) is 0 Å². The molecule has 4 amide bonds. The first-order chi connectivity index (χ1) is 23.9. The van der Waals surface area contributed by atoms with Crippen LogP contribution in [0.4, 0.5) is 14.5 Å². The highest BCUT2D eigenvalue weighted by molar-refractivity contribution is 6.09. The van der Waals surface area contributed by atoms with Crippen molar-refractivity contribution in [3.05, 3.63) is 89.9 Å². The summed E-state index contributed by atoms with van der Waals surface area (Å²) in [5.74, 6) is -3.55. The van der Waals surface area contributed by atoms with Crippen LogP contribution in [-0.2, 0) is 19.8 Å². The molecule has 4 N–H and O–H groups in total. The number of pyridine rings is 1. The third kappa shape index (κ3) is 5.44. The average Bonchev–Trinajstić information content (AvgIpc) is 3.88. The van der Waals surface area contributed by atoms with Crippen LogP contribution < -0.4 is 11.1 Å². The van der Waals surface area contributed by atoms with Gasteiger partial charge in [-0.1, -0.05) is 31.2 Å². The molecule has 256 valence electrons. The van der Waals surface area contributed by atoms with Crippen LogP contribution in [-0.4, -0.2) is 84.1 Å². The van der Waals surface area contributed by atoms with E-state index in [1.807, 2.05) is 19.9 Å². The summed E-state index contributed by atoms with van der Waals surface area (Å²) in [5, 5.41) is 11.4. The molecule has 13 nitrogen and oxygen atoms in total. The first-order valence-electron chi connectivity index (χ1n) is 16.0. The molecule has 3 atom stereocenters. The van der Waals surface area contributed by atoms with Gasteiger partial charge in [0.25, 0.3) is 5.91 Å². The summed E-state index contributed by atoms with van der Waals surface area (Å²) < 4.78 is 29.8. The number of anilines is 1. The lowest BCUT2D eigenvalue weighted by molar-refractivity contribution is -0.141. The molecular weight excluding hydrogens is 648 g/mol. The quantitative estimate of drug-likeness (QED) is 0.225. The summed E-state index contributed by atoms with van der Waals surface area (Å²) in [5.41, 5.74) is 6.87. The van der Waals surface area contributed by atoms with Gasteiger partial charge in [-0.25, -0.2) is 18.4 Å². The second-order valence-corrected chi connectivity index (χ2v) is 13.2. The van der Waals surface area contributed by atoms with Gasteiger partial charge in [0.05, 0.1) is 17.1 Å². The average molecular weight is 682 g/mol. The van der Waals surface area contributed by atoms with Crippen molar-refractivity contribution in [1.82, 2.24) is 34.8 Å². The number of primary amides is 1. The van der Waals surface area contributed by atoms with Gasteiger partial charge in [-0.15, -0.1) is 5.10 Å². The summed E-state index contributed by atoms with van der Waals surface area (Å²) in [6, 6.07) is 11.6. The molecule has 2 aliphatic heterocycles. The van der Waals surface area contributed by atoms with Crippen LogP contribution in [0.15, 0.2) is 67.0 Å². The smallest absolute Gasteiger partial charge is 0.270 e. The Labute approximate surface area is 284 Å². The van der Waals surface area contributed by atoms with Gasteiger partial charge in [0.15, 0.2) is 5.82 Å². The second kappa shape index (κ2) is 12.2. The van der Waals surface area contributed by atoms with E-state index in [9.17, 15) is 28.0 Å². The molecule has 0 radical (unpaired) electrons. The molecule has 7 rings (SSSR count). The number of fused-ring (bicyclic) bond motifs is 3. The third-order valence-electron chi connectivity index (χ3n) is 9.51. The number of nitrogens with two attached hydrogens (primary N) is 1. The minimum atomic E-state index is -1.32. The number of carbonyl (C=O) groups is 4. The Morgan fingerprint density at radius 3 is 2.64 bits per heavy atom. The summed E-state index contributed by atoms with van der Waals surface area (Å²) in [7, 11) is 1.43. The lowest BCUT2D eigenvalue weighted by Crippen LogP contribution is -2.54. The third-order valence-corrected chi connectivity index (χ3v) is 9.51. The Kier molecular flexibility index (Phi) is 7.92. The predicted octanol–water partition coefficient (Wildman–Crippen LogP) is 3.55. The molecule has 5 aromatic rings. The Morgan fingerprint density at radius 2 is 1.92 bits per heavy atom. The molecule has 1 fully saturated rings. The maximum Gasteiger partial charge on any atom is 0.270 e. The van der Waals surface area contributed by atoms with E-state index in [-0.39, 0.29) is 47.8 Å². The molecule has 1 saturated heterocycles. The van der Waals surface area contributed by atoms with Gasteiger partial charge in [0.2, 0.25) is 17.7 Å². The van der Waals surface area contributed by atoms with Gasteiger partial charge in [0.1, 0.15) is 35.1 Å². The fraction of sp³-hybridized carbons (Fsp3) is 0.286. The zero-order valence-electron chi connectivity index (χ0n) is 27.4. The second-order valence-electron chi connectivity index (χ2n) is 13.2. The number of rotatable bonds is 8. The zero-order chi connectivity index (χ0) is 35.5. The first-order valence-corrected chi connectivity index (χ1v) is 16.0. The topological polar surface area (TPSA) is 172 Å². The number of carbonyl (C=O) groups excluding carboxylic acids is 4. The molecule has 2 aromatic carbocycles. The van der Waals surface area contributed by atoms with Gasteiger partial charge in [-0.3, -0.25) is 19.2 Å². The molecule has 15 heteroatoms. The molecule has 5 heterocycles. The van der Waals surface area contributed by atoms with Gasteiger partial charge < -0.3 is 25.8 Å². The van der Waals surface area contributed by atoms with Crippen molar-refractivity contribution in [2.45, 2.75) is 44.2 Å². The van der Waals surface area contributed by atoms with E-state index >= 15 is 0 Å². The van der Waals surface area contributed by atoms with E-state index in [0.717, 1.165) is 12.1 Å². The predicted molar refractivity (Wildman–Crippen MR) is 178 cm³/mol. The highest BCUT2D eigenvalue weighted by Crippen LogP contribution is 2.48. The SMILES string of the molecule is CC(C)C[C@@H](C(=O)N1C[C@]2(C[C@H]1C(N)=O)C(=O)Nc1ccc(-c3cn(-c4ccccn4)nn3)cc12)N(C)C(=O)c1cc2c(F)cc(F)cc2[nH]1. The molecule has 2 aliphatic rings. The van der Waals surface area contributed by atoms with Crippen molar-refractivity contribution in [2.24, 2.45) is 11.7 Å². The molecule has 0 unspecified atom stereocenters. The summed E-state index contributed by atoms with van der Waals surface area (Å²) in [6.07, 6.45) is 3.48. The maximum absolute atomic E-state index is 14.5. The number of aromatic nitrogens is 5. The number of hydrogen-bond donors (Lipinski definition) is 3. The van der Waals surface area contributed by atoms with Gasteiger partial charge in [-0.2, -0.15) is 0 Å². The number of nitrogens with zero attached hydrogens (tertiary/aromatic N) is 6. The monoisotopic (exact) mass is 681 g/mol. The molecule has 3 aromatic heterocycles. The number of benzene rings is 2. The minimum absolute atomic E-state index is 0.0229.